The summed E-state index contributed by atoms with van der Waals surface area (Å²) in [6, 6.07) is 6.01. The molecule has 0 aromatic heterocycles. The number of hydrogen-bond donors (Lipinski definition) is 2. The summed E-state index contributed by atoms with van der Waals surface area (Å²) in [4.78, 5) is 14.3. The molecule has 0 radical (unpaired) electrons. The van der Waals surface area contributed by atoms with Gasteiger partial charge in [-0.2, -0.15) is 26.3 Å². The van der Waals surface area contributed by atoms with E-state index in [1.165, 1.54) is 12.1 Å². The Morgan fingerprint density at radius 2 is 1.42 bits per heavy atom. The molecule has 33 heavy (non-hydrogen) atoms. The van der Waals surface area contributed by atoms with Crippen molar-refractivity contribution in [1.29, 1.82) is 0 Å². The maximum atomic E-state index is 12.9. The topological polar surface area (TPSA) is 62.8 Å². The summed E-state index contributed by atoms with van der Waals surface area (Å²) in [7, 11) is 0. The van der Waals surface area contributed by atoms with E-state index in [2.05, 4.69) is 10.2 Å². The van der Waals surface area contributed by atoms with E-state index < -0.39 is 35.2 Å². The van der Waals surface area contributed by atoms with Crippen LogP contribution in [0.25, 0.3) is 0 Å². The number of rotatable bonds is 6. The zero-order valence-corrected chi connectivity index (χ0v) is 17.2. The number of amides is 2. The number of ether oxygens (including phenoxy) is 2. The van der Waals surface area contributed by atoms with Crippen molar-refractivity contribution in [3.63, 3.8) is 0 Å². The zero-order chi connectivity index (χ0) is 24.1. The van der Waals surface area contributed by atoms with E-state index in [9.17, 15) is 31.1 Å². The van der Waals surface area contributed by atoms with E-state index in [-0.39, 0.29) is 11.8 Å². The Morgan fingerprint density at radius 3 is 1.97 bits per heavy atom. The predicted molar refractivity (Wildman–Crippen MR) is 108 cm³/mol. The summed E-state index contributed by atoms with van der Waals surface area (Å²) in [5.41, 5.74) is -3.41. The number of hydrogen-bond acceptors (Lipinski definition) is 4. The molecule has 2 N–H and O–H groups in total. The van der Waals surface area contributed by atoms with Gasteiger partial charge in [0, 0.05) is 31.0 Å². The van der Waals surface area contributed by atoms with Crippen LogP contribution in [-0.4, -0.2) is 50.4 Å². The molecular weight excluding hydrogens is 456 g/mol. The first kappa shape index (κ1) is 24.6. The van der Waals surface area contributed by atoms with Crippen LogP contribution in [-0.2, 0) is 17.1 Å². The van der Waals surface area contributed by atoms with E-state index in [4.69, 9.17) is 9.47 Å². The van der Waals surface area contributed by atoms with Crippen molar-refractivity contribution in [2.45, 2.75) is 12.4 Å². The summed E-state index contributed by atoms with van der Waals surface area (Å²) in [6.45, 7) is 4.20. The molecule has 6 nitrogen and oxygen atoms in total. The minimum absolute atomic E-state index is 0.0130. The molecule has 2 aromatic carbocycles. The van der Waals surface area contributed by atoms with E-state index in [1.54, 1.807) is 12.1 Å². The maximum absolute atomic E-state index is 12.9. The first-order chi connectivity index (χ1) is 15.5. The highest BCUT2D eigenvalue weighted by Crippen LogP contribution is 2.37. The van der Waals surface area contributed by atoms with Crippen LogP contribution in [0, 0.1) is 0 Å². The summed E-state index contributed by atoms with van der Waals surface area (Å²) in [5.74, 6) is 0.543. The third kappa shape index (κ3) is 7.53. The quantitative estimate of drug-likeness (QED) is 0.570. The van der Waals surface area contributed by atoms with Crippen LogP contribution in [0.2, 0.25) is 0 Å². The number of anilines is 2. The Morgan fingerprint density at radius 1 is 0.879 bits per heavy atom. The highest BCUT2D eigenvalue weighted by molar-refractivity contribution is 5.99. The van der Waals surface area contributed by atoms with Crippen molar-refractivity contribution in [3.05, 3.63) is 53.6 Å². The number of urea groups is 1. The summed E-state index contributed by atoms with van der Waals surface area (Å²) in [6.07, 6.45) is -10.0. The minimum Gasteiger partial charge on any atom is -0.492 e. The van der Waals surface area contributed by atoms with Crippen LogP contribution in [0.1, 0.15) is 11.1 Å². The van der Waals surface area contributed by atoms with Gasteiger partial charge in [0.2, 0.25) is 0 Å². The van der Waals surface area contributed by atoms with Gasteiger partial charge < -0.3 is 20.1 Å². The smallest absolute Gasteiger partial charge is 0.416 e. The van der Waals surface area contributed by atoms with Crippen molar-refractivity contribution < 1.29 is 40.6 Å². The summed E-state index contributed by atoms with van der Waals surface area (Å²) < 4.78 is 88.5. The standard InChI is InChI=1S/C21H21F6N3O3/c22-20(23,24)14-11-15(21(25,26)27)13-17(12-14)29-19(31)28-16-1-3-18(4-2-16)33-10-7-30-5-8-32-9-6-30/h1-4,11-13H,5-10H2,(H2,28,29,31). The summed E-state index contributed by atoms with van der Waals surface area (Å²) >= 11 is 0. The molecule has 0 saturated carbocycles. The lowest BCUT2D eigenvalue weighted by Crippen LogP contribution is -2.38. The fraction of sp³-hybridized carbons (Fsp3) is 0.381. The molecule has 1 heterocycles. The highest BCUT2D eigenvalue weighted by atomic mass is 19.4. The van der Waals surface area contributed by atoms with Crippen LogP contribution in [0.5, 0.6) is 5.75 Å². The third-order valence-corrected chi connectivity index (χ3v) is 4.74. The Bertz CT molecular complexity index is 909. The first-order valence-electron chi connectivity index (χ1n) is 9.91. The van der Waals surface area contributed by atoms with E-state index >= 15 is 0 Å². The molecule has 0 aliphatic carbocycles. The Balaban J connectivity index is 1.57. The molecule has 0 spiro atoms. The molecule has 0 unspecified atom stereocenters. The molecule has 1 aliphatic heterocycles. The van der Waals surface area contributed by atoms with Gasteiger partial charge in [0.15, 0.2) is 0 Å². The van der Waals surface area contributed by atoms with Crippen LogP contribution < -0.4 is 15.4 Å². The van der Waals surface area contributed by atoms with Crippen molar-refractivity contribution >= 4 is 17.4 Å². The van der Waals surface area contributed by atoms with Crippen LogP contribution in [0.3, 0.4) is 0 Å². The number of benzene rings is 2. The molecule has 1 fully saturated rings. The van der Waals surface area contributed by atoms with Gasteiger partial charge in [-0.25, -0.2) is 4.79 Å². The number of halogens is 6. The average Bonchev–Trinajstić information content (AvgIpc) is 2.74. The largest absolute Gasteiger partial charge is 0.492 e. The van der Waals surface area contributed by atoms with Crippen LogP contribution >= 0.6 is 0 Å². The molecule has 180 valence electrons. The van der Waals surface area contributed by atoms with Crippen molar-refractivity contribution in [3.8, 4) is 5.75 Å². The van der Waals surface area contributed by atoms with Gasteiger partial charge in [0.25, 0.3) is 0 Å². The third-order valence-electron chi connectivity index (χ3n) is 4.74. The van der Waals surface area contributed by atoms with E-state index in [0.29, 0.717) is 37.7 Å². The van der Waals surface area contributed by atoms with Gasteiger partial charge in [-0.05, 0) is 42.5 Å². The molecule has 1 saturated heterocycles. The Hall–Kier alpha value is -2.99. The van der Waals surface area contributed by atoms with E-state index in [0.717, 1.165) is 19.6 Å². The number of carbonyl (C=O) groups is 1. The Labute approximate surface area is 185 Å². The monoisotopic (exact) mass is 477 g/mol. The van der Waals surface area contributed by atoms with Gasteiger partial charge >= 0.3 is 18.4 Å². The maximum Gasteiger partial charge on any atom is 0.416 e. The van der Waals surface area contributed by atoms with Gasteiger partial charge in [-0.15, -0.1) is 0 Å². The van der Waals surface area contributed by atoms with Gasteiger partial charge in [0.05, 0.1) is 24.3 Å². The number of alkyl halides is 6. The molecular formula is C21H21F6N3O3. The van der Waals surface area contributed by atoms with Crippen LogP contribution in [0.15, 0.2) is 42.5 Å². The average molecular weight is 477 g/mol. The molecule has 2 amide bonds. The van der Waals surface area contributed by atoms with Crippen LogP contribution in [0.4, 0.5) is 42.5 Å². The normalized spacial score (nSPS) is 15.2. The van der Waals surface area contributed by atoms with Gasteiger partial charge in [-0.3, -0.25) is 4.90 Å². The fourth-order valence-corrected chi connectivity index (χ4v) is 3.07. The Kier molecular flexibility index (Phi) is 7.69. The van der Waals surface area contributed by atoms with Gasteiger partial charge in [0.1, 0.15) is 12.4 Å². The molecule has 1 aliphatic rings. The molecule has 3 rings (SSSR count). The lowest BCUT2D eigenvalue weighted by molar-refractivity contribution is -0.143. The fourth-order valence-electron chi connectivity index (χ4n) is 3.07. The predicted octanol–water partition coefficient (Wildman–Crippen LogP) is 5.08. The van der Waals surface area contributed by atoms with Crippen molar-refractivity contribution in [2.24, 2.45) is 0 Å². The summed E-state index contributed by atoms with van der Waals surface area (Å²) in [5, 5.41) is 4.36. The second kappa shape index (κ2) is 10.3. The second-order valence-electron chi connectivity index (χ2n) is 7.20. The number of morpholine rings is 1. The van der Waals surface area contributed by atoms with E-state index in [1.807, 2.05) is 5.32 Å². The zero-order valence-electron chi connectivity index (χ0n) is 17.2. The first-order valence-corrected chi connectivity index (χ1v) is 9.91. The molecule has 12 heteroatoms. The molecule has 0 bridgehead atoms. The highest BCUT2D eigenvalue weighted by Gasteiger charge is 2.37. The lowest BCUT2D eigenvalue weighted by atomic mass is 10.1. The van der Waals surface area contributed by atoms with Gasteiger partial charge in [-0.1, -0.05) is 0 Å². The lowest BCUT2D eigenvalue weighted by Gasteiger charge is -2.26. The minimum atomic E-state index is -5.01. The molecule has 2 aromatic rings. The number of nitrogens with zero attached hydrogens (tertiary/aromatic N) is 1. The SMILES string of the molecule is O=C(Nc1ccc(OCCN2CCOCC2)cc1)Nc1cc(C(F)(F)F)cc(C(F)(F)F)c1. The van der Waals surface area contributed by atoms with Crippen molar-refractivity contribution in [2.75, 3.05) is 50.1 Å². The second-order valence-corrected chi connectivity index (χ2v) is 7.20. The molecule has 0 atom stereocenters. The number of carbonyl (C=O) groups excluding carboxylic acids is 1. The van der Waals surface area contributed by atoms with Crippen molar-refractivity contribution in [1.82, 2.24) is 4.90 Å². The number of nitrogens with one attached hydrogen (secondary N) is 2.